The summed E-state index contributed by atoms with van der Waals surface area (Å²) in [5.41, 5.74) is 4.02. The molecule has 98 valence electrons. The van der Waals surface area contributed by atoms with Crippen molar-refractivity contribution in [1.82, 2.24) is 19.7 Å². The van der Waals surface area contributed by atoms with Crippen LogP contribution in [0.4, 0.5) is 0 Å². The zero-order valence-corrected chi connectivity index (χ0v) is 10.9. The second kappa shape index (κ2) is 3.98. The zero-order valence-electron chi connectivity index (χ0n) is 10.9. The summed E-state index contributed by atoms with van der Waals surface area (Å²) >= 11 is 0. The van der Waals surface area contributed by atoms with Gasteiger partial charge < -0.3 is 9.40 Å². The topological polar surface area (TPSA) is 59.6 Å². The zero-order chi connectivity index (χ0) is 12.8. The van der Waals surface area contributed by atoms with Crippen molar-refractivity contribution in [2.75, 3.05) is 0 Å². The molecule has 1 N–H and O–H groups in total. The fourth-order valence-corrected chi connectivity index (χ4v) is 2.98. The lowest BCUT2D eigenvalue weighted by Gasteiger charge is -2.09. The van der Waals surface area contributed by atoms with Crippen LogP contribution in [0.2, 0.25) is 0 Å². The van der Waals surface area contributed by atoms with E-state index in [4.69, 9.17) is 9.40 Å². The molecular weight excluding hydrogens is 240 g/mol. The molecule has 1 aliphatic rings. The van der Waals surface area contributed by atoms with E-state index in [-0.39, 0.29) is 0 Å². The normalized spacial score (nSPS) is 16.7. The summed E-state index contributed by atoms with van der Waals surface area (Å²) in [5, 5.41) is 4.65. The summed E-state index contributed by atoms with van der Waals surface area (Å²) in [4.78, 5) is 8.06. The molecular formula is C14H16N4O. The van der Waals surface area contributed by atoms with Crippen LogP contribution in [0.15, 0.2) is 23.0 Å². The highest BCUT2D eigenvalue weighted by molar-refractivity contribution is 5.78. The van der Waals surface area contributed by atoms with Crippen molar-refractivity contribution in [2.24, 2.45) is 0 Å². The van der Waals surface area contributed by atoms with Gasteiger partial charge in [0.25, 0.3) is 0 Å². The van der Waals surface area contributed by atoms with E-state index >= 15 is 0 Å². The van der Waals surface area contributed by atoms with Crippen LogP contribution >= 0.6 is 0 Å². The summed E-state index contributed by atoms with van der Waals surface area (Å²) < 4.78 is 7.23. The fourth-order valence-electron chi connectivity index (χ4n) is 2.98. The average Bonchev–Trinajstić information content (AvgIpc) is 3.16. The molecule has 0 aromatic carbocycles. The first-order chi connectivity index (χ1) is 9.33. The van der Waals surface area contributed by atoms with Gasteiger partial charge in [-0.05, 0) is 25.8 Å². The van der Waals surface area contributed by atoms with Gasteiger partial charge in [-0.15, -0.1) is 0 Å². The molecule has 5 heteroatoms. The first-order valence-corrected chi connectivity index (χ1v) is 6.80. The lowest BCUT2D eigenvalue weighted by atomic mass is 10.2. The molecule has 1 fully saturated rings. The molecule has 0 atom stereocenters. The van der Waals surface area contributed by atoms with Crippen LogP contribution in [0.5, 0.6) is 0 Å². The number of aromatic amines is 1. The first kappa shape index (κ1) is 10.8. The summed E-state index contributed by atoms with van der Waals surface area (Å²) in [6.07, 6.45) is 8.39. The van der Waals surface area contributed by atoms with E-state index in [2.05, 4.69) is 14.8 Å². The number of aromatic nitrogens is 4. The van der Waals surface area contributed by atoms with Crippen LogP contribution in [-0.4, -0.2) is 19.7 Å². The second-order valence-electron chi connectivity index (χ2n) is 5.26. The molecule has 0 unspecified atom stereocenters. The molecule has 19 heavy (non-hydrogen) atoms. The molecule has 5 nitrogen and oxygen atoms in total. The Labute approximate surface area is 110 Å². The van der Waals surface area contributed by atoms with E-state index < -0.39 is 0 Å². The predicted octanol–water partition coefficient (Wildman–Crippen LogP) is 3.44. The molecule has 0 saturated heterocycles. The largest absolute Gasteiger partial charge is 0.472 e. The van der Waals surface area contributed by atoms with Gasteiger partial charge in [0.2, 0.25) is 0 Å². The molecule has 0 spiro atoms. The number of nitrogens with one attached hydrogen (secondary N) is 1. The minimum Gasteiger partial charge on any atom is -0.472 e. The smallest absolute Gasteiger partial charge is 0.177 e. The molecule has 0 amide bonds. The Bertz CT molecular complexity index is 701. The number of furan rings is 1. The van der Waals surface area contributed by atoms with E-state index in [1.807, 2.05) is 13.0 Å². The van der Waals surface area contributed by atoms with E-state index in [0.29, 0.717) is 6.04 Å². The Kier molecular flexibility index (Phi) is 2.27. The van der Waals surface area contributed by atoms with E-state index in [0.717, 1.165) is 28.2 Å². The highest BCUT2D eigenvalue weighted by atomic mass is 16.3. The number of hydrogen-bond donors (Lipinski definition) is 1. The Morgan fingerprint density at radius 3 is 2.95 bits per heavy atom. The predicted molar refractivity (Wildman–Crippen MR) is 71.8 cm³/mol. The molecule has 3 aromatic rings. The van der Waals surface area contributed by atoms with E-state index in [1.165, 1.54) is 25.7 Å². The summed E-state index contributed by atoms with van der Waals surface area (Å²) in [7, 11) is 0. The molecule has 3 aromatic heterocycles. The van der Waals surface area contributed by atoms with Gasteiger partial charge in [-0.1, -0.05) is 12.8 Å². The van der Waals surface area contributed by atoms with Crippen molar-refractivity contribution in [2.45, 2.75) is 38.6 Å². The third-order valence-corrected chi connectivity index (χ3v) is 3.99. The van der Waals surface area contributed by atoms with Gasteiger partial charge in [-0.2, -0.15) is 5.10 Å². The number of aryl methyl sites for hydroxylation is 1. The number of H-pyrrole nitrogens is 1. The first-order valence-electron chi connectivity index (χ1n) is 6.80. The maximum absolute atomic E-state index is 5.12. The molecule has 0 aliphatic heterocycles. The standard InChI is InChI=1S/C14H16N4O/c1-9-12-14(18(17-9)11-4-2-3-5-11)16-13(15-12)10-6-7-19-8-10/h6-8,11H,2-5H2,1H3,(H,15,16). The third kappa shape index (κ3) is 1.61. The number of fused-ring (bicyclic) bond motifs is 1. The van der Waals surface area contributed by atoms with Crippen LogP contribution in [0, 0.1) is 6.92 Å². The number of imidazole rings is 1. The highest BCUT2D eigenvalue weighted by Gasteiger charge is 2.23. The Morgan fingerprint density at radius 2 is 2.21 bits per heavy atom. The van der Waals surface area contributed by atoms with Crippen LogP contribution in [0.3, 0.4) is 0 Å². The van der Waals surface area contributed by atoms with Crippen molar-refractivity contribution in [1.29, 1.82) is 0 Å². The van der Waals surface area contributed by atoms with Crippen LogP contribution in [0.1, 0.15) is 37.4 Å². The van der Waals surface area contributed by atoms with Gasteiger partial charge in [-0.3, -0.25) is 0 Å². The number of rotatable bonds is 2. The molecule has 0 radical (unpaired) electrons. The summed E-state index contributed by atoms with van der Waals surface area (Å²) in [6, 6.07) is 2.43. The van der Waals surface area contributed by atoms with Gasteiger partial charge in [0, 0.05) is 0 Å². The molecule has 3 heterocycles. The van der Waals surface area contributed by atoms with E-state index in [9.17, 15) is 0 Å². The Morgan fingerprint density at radius 1 is 1.37 bits per heavy atom. The summed E-state index contributed by atoms with van der Waals surface area (Å²) in [6.45, 7) is 2.03. The SMILES string of the molecule is Cc1nn(C2CCCC2)c2nc(-c3ccoc3)[nH]c12. The van der Waals surface area contributed by atoms with Crippen molar-refractivity contribution in [3.8, 4) is 11.4 Å². The maximum atomic E-state index is 5.12. The quantitative estimate of drug-likeness (QED) is 0.764. The molecule has 0 bridgehead atoms. The minimum atomic E-state index is 0.511. The molecule has 4 rings (SSSR count). The third-order valence-electron chi connectivity index (χ3n) is 3.99. The van der Waals surface area contributed by atoms with Crippen molar-refractivity contribution in [3.05, 3.63) is 24.3 Å². The second-order valence-corrected chi connectivity index (χ2v) is 5.26. The summed E-state index contributed by atoms with van der Waals surface area (Å²) in [5.74, 6) is 0.857. The number of hydrogen-bond acceptors (Lipinski definition) is 3. The van der Waals surface area contributed by atoms with E-state index in [1.54, 1.807) is 12.5 Å². The van der Waals surface area contributed by atoms with Crippen LogP contribution < -0.4 is 0 Å². The minimum absolute atomic E-state index is 0.511. The fraction of sp³-hybridized carbons (Fsp3) is 0.429. The highest BCUT2D eigenvalue weighted by Crippen LogP contribution is 2.32. The van der Waals surface area contributed by atoms with Crippen molar-refractivity contribution in [3.63, 3.8) is 0 Å². The molecule has 1 saturated carbocycles. The Balaban J connectivity index is 1.86. The maximum Gasteiger partial charge on any atom is 0.177 e. The van der Waals surface area contributed by atoms with Gasteiger partial charge in [0.1, 0.15) is 17.6 Å². The van der Waals surface area contributed by atoms with Crippen molar-refractivity contribution < 1.29 is 4.42 Å². The molecule has 1 aliphatic carbocycles. The lowest BCUT2D eigenvalue weighted by Crippen LogP contribution is -2.07. The van der Waals surface area contributed by atoms with Crippen molar-refractivity contribution >= 4 is 11.2 Å². The van der Waals surface area contributed by atoms with Gasteiger partial charge in [0.05, 0.1) is 23.6 Å². The number of nitrogens with zero attached hydrogens (tertiary/aromatic N) is 3. The lowest BCUT2D eigenvalue weighted by molar-refractivity contribution is 0.476. The van der Waals surface area contributed by atoms with Gasteiger partial charge in [-0.25, -0.2) is 9.67 Å². The van der Waals surface area contributed by atoms with Gasteiger partial charge >= 0.3 is 0 Å². The van der Waals surface area contributed by atoms with Gasteiger partial charge in [0.15, 0.2) is 5.65 Å². The Hall–Kier alpha value is -2.04. The monoisotopic (exact) mass is 256 g/mol. The van der Waals surface area contributed by atoms with Crippen LogP contribution in [0.25, 0.3) is 22.6 Å². The van der Waals surface area contributed by atoms with Crippen LogP contribution in [-0.2, 0) is 0 Å². The average molecular weight is 256 g/mol.